The predicted molar refractivity (Wildman–Crippen MR) is 68.9 cm³/mol. The molecule has 98 valence electrons. The summed E-state index contributed by atoms with van der Waals surface area (Å²) in [4.78, 5) is 0. The van der Waals surface area contributed by atoms with Gasteiger partial charge in [-0.15, -0.1) is 0 Å². The third-order valence-corrected chi connectivity index (χ3v) is 4.08. The molecule has 1 aliphatic carbocycles. The molecule has 1 aromatic rings. The molecule has 0 aromatic heterocycles. The highest BCUT2D eigenvalue weighted by atomic mass is 16.5. The minimum absolute atomic E-state index is 0.0831. The highest BCUT2D eigenvalue weighted by Gasteiger charge is 2.40. The third-order valence-electron chi connectivity index (χ3n) is 4.08. The molecule has 3 heteroatoms. The fourth-order valence-electron chi connectivity index (χ4n) is 3.20. The van der Waals surface area contributed by atoms with Gasteiger partial charge in [0.15, 0.2) is 0 Å². The van der Waals surface area contributed by atoms with E-state index >= 15 is 0 Å². The van der Waals surface area contributed by atoms with Crippen molar-refractivity contribution in [2.75, 3.05) is 6.61 Å². The Morgan fingerprint density at radius 1 is 1.28 bits per heavy atom. The molecule has 1 atom stereocenters. The van der Waals surface area contributed by atoms with Crippen LogP contribution in [0.1, 0.15) is 38.5 Å². The van der Waals surface area contributed by atoms with Crippen LogP contribution in [0.2, 0.25) is 0 Å². The molecule has 3 rings (SSSR count). The summed E-state index contributed by atoms with van der Waals surface area (Å²) in [6.07, 6.45) is 7.05. The minimum atomic E-state index is 0.0831. The topological polar surface area (TPSA) is 38.7 Å². The fraction of sp³-hybridized carbons (Fsp3) is 0.600. The number of hydrogen-bond acceptors (Lipinski definition) is 3. The van der Waals surface area contributed by atoms with Crippen molar-refractivity contribution in [1.82, 2.24) is 0 Å². The van der Waals surface area contributed by atoms with Gasteiger partial charge in [-0.05, 0) is 25.0 Å². The van der Waals surface area contributed by atoms with E-state index in [0.717, 1.165) is 25.2 Å². The van der Waals surface area contributed by atoms with Crippen molar-refractivity contribution in [2.45, 2.75) is 50.2 Å². The SMILES string of the molecule is Oc1cccc(OC2CCOC3(CCCC3)C2)c1. The second-order valence-electron chi connectivity index (χ2n) is 5.47. The van der Waals surface area contributed by atoms with Gasteiger partial charge in [-0.2, -0.15) is 0 Å². The molecule has 1 saturated carbocycles. The van der Waals surface area contributed by atoms with E-state index in [1.54, 1.807) is 12.1 Å². The number of aromatic hydroxyl groups is 1. The van der Waals surface area contributed by atoms with Crippen molar-refractivity contribution < 1.29 is 14.6 Å². The Morgan fingerprint density at radius 2 is 2.11 bits per heavy atom. The van der Waals surface area contributed by atoms with Crippen molar-refractivity contribution in [3.63, 3.8) is 0 Å². The van der Waals surface area contributed by atoms with Gasteiger partial charge >= 0.3 is 0 Å². The number of phenols is 1. The first-order chi connectivity index (χ1) is 8.76. The lowest BCUT2D eigenvalue weighted by atomic mass is 9.90. The molecule has 1 spiro atoms. The van der Waals surface area contributed by atoms with Gasteiger partial charge in [0.1, 0.15) is 17.6 Å². The Labute approximate surface area is 108 Å². The van der Waals surface area contributed by atoms with Gasteiger partial charge in [0.05, 0.1) is 12.2 Å². The smallest absolute Gasteiger partial charge is 0.123 e. The lowest BCUT2D eigenvalue weighted by Gasteiger charge is -2.38. The molecule has 1 heterocycles. The van der Waals surface area contributed by atoms with Crippen LogP contribution in [-0.2, 0) is 4.74 Å². The summed E-state index contributed by atoms with van der Waals surface area (Å²) in [5.41, 5.74) is 0.0831. The Balaban J connectivity index is 1.66. The van der Waals surface area contributed by atoms with Crippen molar-refractivity contribution in [2.24, 2.45) is 0 Å². The average molecular weight is 248 g/mol. The summed E-state index contributed by atoms with van der Waals surface area (Å²) in [6.45, 7) is 0.795. The van der Waals surface area contributed by atoms with Gasteiger partial charge in [0.2, 0.25) is 0 Å². The molecule has 0 bridgehead atoms. The zero-order valence-corrected chi connectivity index (χ0v) is 10.6. The zero-order chi connectivity index (χ0) is 12.4. The van der Waals surface area contributed by atoms with E-state index in [2.05, 4.69) is 0 Å². The summed E-state index contributed by atoms with van der Waals surface area (Å²) in [7, 11) is 0. The van der Waals surface area contributed by atoms with Crippen molar-refractivity contribution in [3.8, 4) is 11.5 Å². The molecule has 0 radical (unpaired) electrons. The Morgan fingerprint density at radius 3 is 2.89 bits per heavy atom. The zero-order valence-electron chi connectivity index (χ0n) is 10.6. The largest absolute Gasteiger partial charge is 0.508 e. The Bertz CT molecular complexity index is 410. The second-order valence-corrected chi connectivity index (χ2v) is 5.47. The molecule has 3 nitrogen and oxygen atoms in total. The van der Waals surface area contributed by atoms with Crippen LogP contribution in [0.15, 0.2) is 24.3 Å². The van der Waals surface area contributed by atoms with E-state index < -0.39 is 0 Å². The summed E-state index contributed by atoms with van der Waals surface area (Å²) in [5.74, 6) is 1.02. The van der Waals surface area contributed by atoms with E-state index in [1.165, 1.54) is 25.7 Å². The van der Waals surface area contributed by atoms with Gasteiger partial charge in [-0.3, -0.25) is 0 Å². The molecule has 1 aromatic carbocycles. The monoisotopic (exact) mass is 248 g/mol. The lowest BCUT2D eigenvalue weighted by Crippen LogP contribution is -2.41. The van der Waals surface area contributed by atoms with Crippen LogP contribution < -0.4 is 4.74 Å². The van der Waals surface area contributed by atoms with Crippen LogP contribution in [0.5, 0.6) is 11.5 Å². The van der Waals surface area contributed by atoms with Gasteiger partial charge in [-0.25, -0.2) is 0 Å². The first kappa shape index (κ1) is 11.8. The molecular weight excluding hydrogens is 228 g/mol. The molecule has 2 aliphatic rings. The second kappa shape index (κ2) is 4.81. The van der Waals surface area contributed by atoms with Gasteiger partial charge < -0.3 is 14.6 Å². The highest BCUT2D eigenvalue weighted by molar-refractivity contribution is 5.31. The average Bonchev–Trinajstić information content (AvgIpc) is 2.77. The van der Waals surface area contributed by atoms with Crippen LogP contribution in [-0.4, -0.2) is 23.4 Å². The number of phenolic OH excluding ortho intramolecular Hbond substituents is 1. The van der Waals surface area contributed by atoms with Crippen LogP contribution in [0.4, 0.5) is 0 Å². The van der Waals surface area contributed by atoms with Crippen molar-refractivity contribution >= 4 is 0 Å². The number of ether oxygens (including phenoxy) is 2. The van der Waals surface area contributed by atoms with Crippen LogP contribution in [0, 0.1) is 0 Å². The summed E-state index contributed by atoms with van der Waals surface area (Å²) in [5, 5.41) is 9.44. The van der Waals surface area contributed by atoms with E-state index in [-0.39, 0.29) is 17.5 Å². The summed E-state index contributed by atoms with van der Waals surface area (Å²) >= 11 is 0. The molecule has 18 heavy (non-hydrogen) atoms. The van der Waals surface area contributed by atoms with E-state index in [1.807, 2.05) is 12.1 Å². The van der Waals surface area contributed by atoms with Gasteiger partial charge in [-0.1, -0.05) is 18.9 Å². The summed E-state index contributed by atoms with van der Waals surface area (Å²) < 4.78 is 12.0. The lowest BCUT2D eigenvalue weighted by molar-refractivity contribution is -0.108. The van der Waals surface area contributed by atoms with Gasteiger partial charge in [0, 0.05) is 18.9 Å². The van der Waals surface area contributed by atoms with Crippen LogP contribution >= 0.6 is 0 Å². The fourth-order valence-corrected chi connectivity index (χ4v) is 3.20. The third kappa shape index (κ3) is 2.46. The van der Waals surface area contributed by atoms with Crippen molar-refractivity contribution in [1.29, 1.82) is 0 Å². The highest BCUT2D eigenvalue weighted by Crippen LogP contribution is 2.41. The molecule has 1 unspecified atom stereocenters. The Hall–Kier alpha value is -1.22. The molecule has 0 amide bonds. The van der Waals surface area contributed by atoms with E-state index in [9.17, 15) is 5.11 Å². The maximum Gasteiger partial charge on any atom is 0.123 e. The molecular formula is C15H20O3. The quantitative estimate of drug-likeness (QED) is 0.873. The standard InChI is InChI=1S/C15H20O3/c16-12-4-3-5-13(10-12)18-14-6-9-17-15(11-14)7-1-2-8-15/h3-5,10,14,16H,1-2,6-9,11H2. The van der Waals surface area contributed by atoms with Crippen molar-refractivity contribution in [3.05, 3.63) is 24.3 Å². The van der Waals surface area contributed by atoms with E-state index in [4.69, 9.17) is 9.47 Å². The normalized spacial score (nSPS) is 26.3. The summed E-state index contributed by atoms with van der Waals surface area (Å²) in [6, 6.07) is 7.05. The number of hydrogen-bond donors (Lipinski definition) is 1. The minimum Gasteiger partial charge on any atom is -0.508 e. The maximum atomic E-state index is 9.44. The number of rotatable bonds is 2. The molecule has 2 fully saturated rings. The number of benzene rings is 1. The molecule has 1 saturated heterocycles. The van der Waals surface area contributed by atoms with Crippen LogP contribution in [0.25, 0.3) is 0 Å². The molecule has 1 N–H and O–H groups in total. The predicted octanol–water partition coefficient (Wildman–Crippen LogP) is 3.26. The molecule has 1 aliphatic heterocycles. The van der Waals surface area contributed by atoms with Crippen LogP contribution in [0.3, 0.4) is 0 Å². The van der Waals surface area contributed by atoms with E-state index in [0.29, 0.717) is 0 Å². The Kier molecular flexibility index (Phi) is 3.16. The maximum absolute atomic E-state index is 9.44. The first-order valence-corrected chi connectivity index (χ1v) is 6.85. The van der Waals surface area contributed by atoms with Gasteiger partial charge in [0.25, 0.3) is 0 Å². The first-order valence-electron chi connectivity index (χ1n) is 6.85.